The van der Waals surface area contributed by atoms with Crippen molar-refractivity contribution in [3.63, 3.8) is 0 Å². The standard InChI is InChI=1S/C12H23NS/c1-10(2)9-4-5-11(3,8-9)12(10,14)6-7-13/h9,14H,4-8,13H2,1-3H3. The lowest BCUT2D eigenvalue weighted by molar-refractivity contribution is 0.105. The Labute approximate surface area is 93.2 Å². The third kappa shape index (κ3) is 1.02. The second-order valence-corrected chi connectivity index (χ2v) is 6.88. The summed E-state index contributed by atoms with van der Waals surface area (Å²) in [5, 5.41) is 0. The van der Waals surface area contributed by atoms with E-state index < -0.39 is 0 Å². The van der Waals surface area contributed by atoms with Crippen molar-refractivity contribution in [2.45, 2.75) is 51.2 Å². The SMILES string of the molecule is CC12CCC(C1)C(C)(C)C2(S)CCN. The Hall–Kier alpha value is 0.310. The monoisotopic (exact) mass is 213 g/mol. The fraction of sp³-hybridized carbons (Fsp3) is 1.00. The number of hydrogen-bond acceptors (Lipinski definition) is 2. The van der Waals surface area contributed by atoms with E-state index in [2.05, 4.69) is 20.8 Å². The summed E-state index contributed by atoms with van der Waals surface area (Å²) >= 11 is 5.05. The van der Waals surface area contributed by atoms with Gasteiger partial charge in [0.25, 0.3) is 0 Å². The highest BCUT2D eigenvalue weighted by Crippen LogP contribution is 2.71. The van der Waals surface area contributed by atoms with Gasteiger partial charge >= 0.3 is 0 Å². The van der Waals surface area contributed by atoms with E-state index in [9.17, 15) is 0 Å². The number of nitrogens with two attached hydrogens (primary N) is 1. The lowest BCUT2D eigenvalue weighted by atomic mass is 9.62. The number of fused-ring (bicyclic) bond motifs is 2. The van der Waals surface area contributed by atoms with Crippen LogP contribution in [-0.2, 0) is 0 Å². The van der Waals surface area contributed by atoms with Crippen LogP contribution in [-0.4, -0.2) is 11.3 Å². The molecule has 1 nitrogen and oxygen atoms in total. The molecular weight excluding hydrogens is 190 g/mol. The van der Waals surface area contributed by atoms with Gasteiger partial charge in [-0.1, -0.05) is 20.8 Å². The van der Waals surface area contributed by atoms with Gasteiger partial charge in [-0.25, -0.2) is 0 Å². The van der Waals surface area contributed by atoms with E-state index >= 15 is 0 Å². The summed E-state index contributed by atoms with van der Waals surface area (Å²) in [6, 6.07) is 0. The Morgan fingerprint density at radius 1 is 1.36 bits per heavy atom. The highest BCUT2D eigenvalue weighted by Gasteiger charge is 2.66. The predicted octanol–water partition coefficient (Wildman–Crippen LogP) is 2.85. The highest BCUT2D eigenvalue weighted by molar-refractivity contribution is 7.82. The Morgan fingerprint density at radius 3 is 2.43 bits per heavy atom. The van der Waals surface area contributed by atoms with Crippen molar-refractivity contribution in [3.05, 3.63) is 0 Å². The van der Waals surface area contributed by atoms with Crippen LogP contribution in [0.25, 0.3) is 0 Å². The Morgan fingerprint density at radius 2 is 2.00 bits per heavy atom. The van der Waals surface area contributed by atoms with Gasteiger partial charge in [0.2, 0.25) is 0 Å². The van der Waals surface area contributed by atoms with E-state index in [1.807, 2.05) is 0 Å². The fourth-order valence-electron chi connectivity index (χ4n) is 4.18. The number of hydrogen-bond donors (Lipinski definition) is 2. The third-order valence-electron chi connectivity index (χ3n) is 5.33. The first kappa shape index (κ1) is 10.8. The first-order valence-corrected chi connectivity index (χ1v) is 6.24. The van der Waals surface area contributed by atoms with Gasteiger partial charge in [0.05, 0.1) is 0 Å². The zero-order valence-electron chi connectivity index (χ0n) is 9.64. The molecule has 0 amide bonds. The summed E-state index contributed by atoms with van der Waals surface area (Å²) in [4.78, 5) is 0. The van der Waals surface area contributed by atoms with Crippen molar-refractivity contribution < 1.29 is 0 Å². The van der Waals surface area contributed by atoms with Gasteiger partial charge in [-0.3, -0.25) is 0 Å². The van der Waals surface area contributed by atoms with Crippen molar-refractivity contribution in [1.82, 2.24) is 0 Å². The summed E-state index contributed by atoms with van der Waals surface area (Å²) < 4.78 is 0.164. The van der Waals surface area contributed by atoms with Crippen LogP contribution in [0.1, 0.15) is 46.5 Å². The molecule has 2 bridgehead atoms. The van der Waals surface area contributed by atoms with Crippen molar-refractivity contribution >= 4 is 12.6 Å². The summed E-state index contributed by atoms with van der Waals surface area (Å²) in [6.07, 6.45) is 5.18. The van der Waals surface area contributed by atoms with E-state index in [0.29, 0.717) is 10.8 Å². The van der Waals surface area contributed by atoms with E-state index in [1.165, 1.54) is 19.3 Å². The summed E-state index contributed by atoms with van der Waals surface area (Å²) in [6.45, 7) is 7.98. The molecule has 2 N–H and O–H groups in total. The van der Waals surface area contributed by atoms with Gasteiger partial charge in [-0.15, -0.1) is 0 Å². The first-order valence-electron chi connectivity index (χ1n) is 5.80. The summed E-state index contributed by atoms with van der Waals surface area (Å²) in [5.74, 6) is 0.872. The van der Waals surface area contributed by atoms with Gasteiger partial charge in [0.1, 0.15) is 0 Å². The zero-order chi connectivity index (χ0) is 10.6. The Kier molecular flexibility index (Phi) is 2.25. The maximum absolute atomic E-state index is 5.76. The molecular formula is C12H23NS. The first-order chi connectivity index (χ1) is 6.37. The van der Waals surface area contributed by atoms with Crippen LogP contribution in [0.2, 0.25) is 0 Å². The van der Waals surface area contributed by atoms with Crippen LogP contribution in [0.5, 0.6) is 0 Å². The minimum absolute atomic E-state index is 0.164. The molecule has 2 heteroatoms. The maximum Gasteiger partial charge on any atom is 0.0249 e. The van der Waals surface area contributed by atoms with Gasteiger partial charge in [-0.2, -0.15) is 12.6 Å². The minimum atomic E-state index is 0.164. The summed E-state index contributed by atoms with van der Waals surface area (Å²) in [5.41, 5.74) is 6.55. The van der Waals surface area contributed by atoms with Crippen LogP contribution < -0.4 is 5.73 Å². The topological polar surface area (TPSA) is 26.0 Å². The normalized spacial score (nSPS) is 49.9. The van der Waals surface area contributed by atoms with Crippen molar-refractivity contribution in [2.24, 2.45) is 22.5 Å². The summed E-state index contributed by atoms with van der Waals surface area (Å²) in [7, 11) is 0. The van der Waals surface area contributed by atoms with Crippen LogP contribution in [0, 0.1) is 16.7 Å². The molecule has 2 rings (SSSR count). The van der Waals surface area contributed by atoms with Crippen LogP contribution in [0.3, 0.4) is 0 Å². The average molecular weight is 213 g/mol. The van der Waals surface area contributed by atoms with Crippen LogP contribution >= 0.6 is 12.6 Å². The molecule has 0 spiro atoms. The van der Waals surface area contributed by atoms with Crippen LogP contribution in [0.4, 0.5) is 0 Å². The van der Waals surface area contributed by atoms with E-state index in [1.54, 1.807) is 0 Å². The second kappa shape index (κ2) is 2.91. The average Bonchev–Trinajstić information content (AvgIpc) is 2.53. The van der Waals surface area contributed by atoms with Crippen LogP contribution in [0.15, 0.2) is 0 Å². The fourth-order valence-corrected chi connectivity index (χ4v) is 4.70. The molecule has 3 atom stereocenters. The Balaban J connectivity index is 2.38. The third-order valence-corrected chi connectivity index (χ3v) is 6.67. The van der Waals surface area contributed by atoms with Gasteiger partial charge in [0, 0.05) is 4.75 Å². The van der Waals surface area contributed by atoms with Crippen molar-refractivity contribution in [1.29, 1.82) is 0 Å². The highest BCUT2D eigenvalue weighted by atomic mass is 32.1. The lowest BCUT2D eigenvalue weighted by Gasteiger charge is -2.51. The molecule has 2 fully saturated rings. The molecule has 0 aromatic carbocycles. The van der Waals surface area contributed by atoms with Crippen molar-refractivity contribution in [3.8, 4) is 0 Å². The minimum Gasteiger partial charge on any atom is -0.330 e. The maximum atomic E-state index is 5.76. The molecule has 0 saturated heterocycles. The van der Waals surface area contributed by atoms with Gasteiger partial charge < -0.3 is 5.73 Å². The van der Waals surface area contributed by atoms with Gasteiger partial charge in [0.15, 0.2) is 0 Å². The van der Waals surface area contributed by atoms with Crippen molar-refractivity contribution in [2.75, 3.05) is 6.54 Å². The quantitative estimate of drug-likeness (QED) is 0.678. The molecule has 0 aromatic rings. The molecule has 0 heterocycles. The van der Waals surface area contributed by atoms with Gasteiger partial charge in [-0.05, 0) is 49.0 Å². The smallest absolute Gasteiger partial charge is 0.0249 e. The van der Waals surface area contributed by atoms with E-state index in [0.717, 1.165) is 18.9 Å². The molecule has 3 unspecified atom stereocenters. The number of thiol groups is 1. The predicted molar refractivity (Wildman–Crippen MR) is 64.6 cm³/mol. The Bertz CT molecular complexity index is 244. The molecule has 82 valence electrons. The zero-order valence-corrected chi connectivity index (χ0v) is 10.5. The number of rotatable bonds is 2. The molecule has 0 aliphatic heterocycles. The van der Waals surface area contributed by atoms with E-state index in [4.69, 9.17) is 18.4 Å². The molecule has 0 aromatic heterocycles. The lowest BCUT2D eigenvalue weighted by Crippen LogP contribution is -2.50. The molecule has 0 radical (unpaired) electrons. The van der Waals surface area contributed by atoms with E-state index in [-0.39, 0.29) is 4.75 Å². The molecule has 2 aliphatic carbocycles. The molecule has 2 saturated carbocycles. The second-order valence-electron chi connectivity index (χ2n) is 6.12. The largest absolute Gasteiger partial charge is 0.330 e. The molecule has 2 aliphatic rings. The molecule has 14 heavy (non-hydrogen) atoms.